The lowest BCUT2D eigenvalue weighted by Gasteiger charge is -2.37. The van der Waals surface area contributed by atoms with E-state index in [4.69, 9.17) is 4.98 Å². The zero-order valence-electron chi connectivity index (χ0n) is 25.0. The van der Waals surface area contributed by atoms with Crippen molar-refractivity contribution in [1.82, 2.24) is 9.55 Å². The molecule has 3 heteroatoms. The summed E-state index contributed by atoms with van der Waals surface area (Å²) in [5, 5.41) is 0. The Kier molecular flexibility index (Phi) is 12.4. The molecule has 3 aromatic carbocycles. The molecule has 0 atom stereocenters. The number of carbonyl (C=O) groups is 1. The van der Waals surface area contributed by atoms with Crippen LogP contribution in [0.5, 0.6) is 0 Å². The normalized spacial score (nSPS) is 11.5. The van der Waals surface area contributed by atoms with Gasteiger partial charge in [-0.25, -0.2) is 4.98 Å². The van der Waals surface area contributed by atoms with E-state index in [0.29, 0.717) is 5.78 Å². The summed E-state index contributed by atoms with van der Waals surface area (Å²) in [6.07, 6.45) is 21.5. The minimum absolute atomic E-state index is 0.330. The van der Waals surface area contributed by atoms with Crippen molar-refractivity contribution < 1.29 is 4.79 Å². The van der Waals surface area contributed by atoms with Crippen molar-refractivity contribution in [2.45, 2.75) is 102 Å². The Bertz CT molecular complexity index is 1170. The molecule has 0 aliphatic rings. The number of imidazole rings is 1. The maximum absolute atomic E-state index is 11.0. The minimum Gasteiger partial charge on any atom is -0.319 e. The number of Topliss-reactive ketones (excluding diaryl/α,β-unsaturated/α-hetero) is 1. The molecule has 0 fully saturated rings. The van der Waals surface area contributed by atoms with Gasteiger partial charge in [0.1, 0.15) is 11.3 Å². The zero-order valence-corrected chi connectivity index (χ0v) is 25.0. The van der Waals surface area contributed by atoms with Gasteiger partial charge in [0.25, 0.3) is 0 Å². The first-order chi connectivity index (χ1) is 20.2. The third-order valence-electron chi connectivity index (χ3n) is 8.31. The van der Waals surface area contributed by atoms with Gasteiger partial charge in [0.15, 0.2) is 0 Å². The number of ketones is 1. The predicted octanol–water partition coefficient (Wildman–Crippen LogP) is 9.93. The van der Waals surface area contributed by atoms with Gasteiger partial charge in [-0.1, -0.05) is 155 Å². The van der Waals surface area contributed by atoms with Crippen molar-refractivity contribution in [3.8, 4) is 0 Å². The summed E-state index contributed by atoms with van der Waals surface area (Å²) < 4.78 is 2.33. The molecule has 1 heterocycles. The smallest absolute Gasteiger partial charge is 0.129 e. The molecule has 0 spiro atoms. The Morgan fingerprint density at radius 1 is 0.585 bits per heavy atom. The van der Waals surface area contributed by atoms with Crippen LogP contribution in [-0.2, 0) is 16.8 Å². The zero-order chi connectivity index (χ0) is 28.6. The fourth-order valence-corrected chi connectivity index (χ4v) is 6.11. The van der Waals surface area contributed by atoms with Crippen LogP contribution in [0.1, 0.15) is 113 Å². The summed E-state index contributed by atoms with van der Waals surface area (Å²) in [5.41, 5.74) is 4.38. The Balaban J connectivity index is 1.28. The Morgan fingerprint density at radius 2 is 0.976 bits per heavy atom. The van der Waals surface area contributed by atoms with Crippen LogP contribution in [0.25, 0.3) is 0 Å². The van der Waals surface area contributed by atoms with Gasteiger partial charge in [-0.15, -0.1) is 0 Å². The van der Waals surface area contributed by atoms with E-state index in [0.717, 1.165) is 19.3 Å². The van der Waals surface area contributed by atoms with Gasteiger partial charge in [0, 0.05) is 12.6 Å². The van der Waals surface area contributed by atoms with Gasteiger partial charge < -0.3 is 9.36 Å². The third kappa shape index (κ3) is 8.76. The lowest BCUT2D eigenvalue weighted by Crippen LogP contribution is -2.36. The van der Waals surface area contributed by atoms with E-state index in [-0.39, 0.29) is 0 Å². The Morgan fingerprint density at radius 3 is 1.39 bits per heavy atom. The average Bonchev–Trinajstić information content (AvgIpc) is 3.48. The molecule has 0 aliphatic heterocycles. The van der Waals surface area contributed by atoms with Crippen molar-refractivity contribution in [2.24, 2.45) is 0 Å². The second kappa shape index (κ2) is 16.7. The number of unbranched alkanes of at least 4 members (excludes halogenated alkanes) is 11. The number of carbonyl (C=O) groups excluding carboxylic acids is 1. The predicted molar refractivity (Wildman–Crippen MR) is 171 cm³/mol. The Hall–Kier alpha value is -3.46. The van der Waals surface area contributed by atoms with Gasteiger partial charge >= 0.3 is 0 Å². The summed E-state index contributed by atoms with van der Waals surface area (Å²) in [5.74, 6) is 0.330. The number of aryl methyl sites for hydroxylation is 1. The molecule has 3 nitrogen and oxygen atoms in total. The number of nitrogens with zero attached hydrogens (tertiary/aromatic N) is 2. The fraction of sp³-hybridized carbons (Fsp3) is 0.421. The molecule has 0 saturated carbocycles. The van der Waals surface area contributed by atoms with Crippen LogP contribution in [-0.4, -0.2) is 15.3 Å². The van der Waals surface area contributed by atoms with Crippen LogP contribution in [0.2, 0.25) is 0 Å². The molecule has 1 aromatic heterocycles. The van der Waals surface area contributed by atoms with Gasteiger partial charge in [-0.2, -0.15) is 0 Å². The highest BCUT2D eigenvalue weighted by Gasteiger charge is 2.38. The van der Waals surface area contributed by atoms with E-state index in [9.17, 15) is 4.79 Å². The van der Waals surface area contributed by atoms with Crippen LogP contribution >= 0.6 is 0 Å². The van der Waals surface area contributed by atoms with E-state index in [1.807, 2.05) is 6.33 Å². The maximum atomic E-state index is 11.0. The summed E-state index contributed by atoms with van der Waals surface area (Å²) in [6, 6.07) is 32.4. The average molecular weight is 549 g/mol. The lowest BCUT2D eigenvalue weighted by atomic mass is 9.77. The molecule has 0 saturated heterocycles. The van der Waals surface area contributed by atoms with Crippen molar-refractivity contribution >= 4 is 5.78 Å². The third-order valence-corrected chi connectivity index (χ3v) is 8.31. The van der Waals surface area contributed by atoms with E-state index in [2.05, 4.69) is 102 Å². The summed E-state index contributed by atoms with van der Waals surface area (Å²) in [4.78, 5) is 15.9. The van der Waals surface area contributed by atoms with Gasteiger partial charge in [0.05, 0.1) is 12.0 Å². The standard InChI is InChI=1S/C38H48N2O/c1-33(41)23-15-10-8-6-4-2-3-5-7-9-11-22-30-37-31-40(32-39-37)38(34-24-16-12-17-25-34,35-26-18-13-19-27-35)36-28-20-14-21-29-36/h12-14,16-21,24-29,31-32H,2-11,15,22-23,30H2,1H3. The van der Waals surface area contributed by atoms with Crippen molar-refractivity contribution in [3.63, 3.8) is 0 Å². The lowest BCUT2D eigenvalue weighted by molar-refractivity contribution is -0.117. The van der Waals surface area contributed by atoms with E-state index < -0.39 is 5.54 Å². The molecule has 0 bridgehead atoms. The van der Waals surface area contributed by atoms with E-state index in [1.54, 1.807) is 6.92 Å². The van der Waals surface area contributed by atoms with Crippen molar-refractivity contribution in [2.75, 3.05) is 0 Å². The van der Waals surface area contributed by atoms with Crippen LogP contribution in [0.4, 0.5) is 0 Å². The largest absolute Gasteiger partial charge is 0.319 e. The monoisotopic (exact) mass is 548 g/mol. The highest BCUT2D eigenvalue weighted by Crippen LogP contribution is 2.40. The number of hydrogen-bond donors (Lipinski definition) is 0. The topological polar surface area (TPSA) is 34.9 Å². The fourth-order valence-electron chi connectivity index (χ4n) is 6.11. The van der Waals surface area contributed by atoms with E-state index >= 15 is 0 Å². The number of benzene rings is 3. The molecule has 0 unspecified atom stereocenters. The quantitative estimate of drug-likeness (QED) is 0.0863. The Labute approximate surface area is 248 Å². The molecule has 216 valence electrons. The molecular weight excluding hydrogens is 500 g/mol. The number of hydrogen-bond acceptors (Lipinski definition) is 2. The molecule has 0 amide bonds. The molecule has 0 N–H and O–H groups in total. The van der Waals surface area contributed by atoms with Crippen LogP contribution in [0.15, 0.2) is 104 Å². The molecule has 0 aliphatic carbocycles. The van der Waals surface area contributed by atoms with Crippen molar-refractivity contribution in [3.05, 3.63) is 126 Å². The first-order valence-corrected chi connectivity index (χ1v) is 15.9. The first kappa shape index (κ1) is 30.5. The summed E-state index contributed by atoms with van der Waals surface area (Å²) in [6.45, 7) is 1.70. The van der Waals surface area contributed by atoms with E-state index in [1.165, 1.54) is 93.0 Å². The minimum atomic E-state index is -0.483. The molecular formula is C38H48N2O. The summed E-state index contributed by atoms with van der Waals surface area (Å²) in [7, 11) is 0. The van der Waals surface area contributed by atoms with Crippen LogP contribution in [0.3, 0.4) is 0 Å². The first-order valence-electron chi connectivity index (χ1n) is 15.9. The number of aromatic nitrogens is 2. The second-order valence-corrected chi connectivity index (χ2v) is 11.5. The molecule has 41 heavy (non-hydrogen) atoms. The van der Waals surface area contributed by atoms with Gasteiger partial charge in [-0.3, -0.25) is 0 Å². The second-order valence-electron chi connectivity index (χ2n) is 11.5. The summed E-state index contributed by atoms with van der Waals surface area (Å²) >= 11 is 0. The molecule has 4 aromatic rings. The van der Waals surface area contributed by atoms with Crippen LogP contribution in [0, 0.1) is 0 Å². The molecule has 4 rings (SSSR count). The SMILES string of the molecule is CC(=O)CCCCCCCCCCCCCCc1cn(C(c2ccccc2)(c2ccccc2)c2ccccc2)cn1. The molecule has 0 radical (unpaired) electrons. The van der Waals surface area contributed by atoms with Crippen LogP contribution < -0.4 is 0 Å². The highest BCUT2D eigenvalue weighted by atomic mass is 16.1. The highest BCUT2D eigenvalue weighted by molar-refractivity contribution is 5.75. The van der Waals surface area contributed by atoms with Gasteiger partial charge in [0.2, 0.25) is 0 Å². The number of rotatable bonds is 19. The van der Waals surface area contributed by atoms with Crippen molar-refractivity contribution in [1.29, 1.82) is 0 Å². The maximum Gasteiger partial charge on any atom is 0.129 e. The van der Waals surface area contributed by atoms with Gasteiger partial charge in [-0.05, 0) is 42.9 Å².